The molecule has 4 heteroatoms. The van der Waals surface area contributed by atoms with Crippen LogP contribution in [0.2, 0.25) is 0 Å². The molecular formula is C26H36O4. The Kier molecular flexibility index (Phi) is 6.04. The van der Waals surface area contributed by atoms with Gasteiger partial charge in [-0.2, -0.15) is 0 Å². The van der Waals surface area contributed by atoms with Crippen LogP contribution in [0.1, 0.15) is 78.1 Å². The molecule has 6 atom stereocenters. The second kappa shape index (κ2) is 8.42. The number of rotatable bonds is 5. The zero-order valence-corrected chi connectivity index (χ0v) is 18.5. The largest absolute Gasteiger partial charge is 0.513 e. The zero-order chi connectivity index (χ0) is 21.4. The zero-order valence-electron chi connectivity index (χ0n) is 18.5. The number of unbranched alkanes of at least 4 members (excludes halogenated alkanes) is 1. The highest BCUT2D eigenvalue weighted by molar-refractivity contribution is 5.62. The average molecular weight is 413 g/mol. The van der Waals surface area contributed by atoms with Crippen LogP contribution in [0.4, 0.5) is 4.79 Å². The predicted octanol–water partition coefficient (Wildman–Crippen LogP) is 5.76. The van der Waals surface area contributed by atoms with E-state index >= 15 is 0 Å². The van der Waals surface area contributed by atoms with Crippen LogP contribution in [0, 0.1) is 41.4 Å². The van der Waals surface area contributed by atoms with E-state index in [0.29, 0.717) is 36.0 Å². The van der Waals surface area contributed by atoms with Gasteiger partial charge in [0.25, 0.3) is 0 Å². The smallest absolute Gasteiger partial charge is 0.434 e. The van der Waals surface area contributed by atoms with Crippen LogP contribution in [0.3, 0.4) is 0 Å². The number of hydrogen-bond acceptors (Lipinski definition) is 4. The Balaban J connectivity index is 1.45. The van der Waals surface area contributed by atoms with E-state index in [4.69, 9.17) is 15.9 Å². The first-order valence-corrected chi connectivity index (χ1v) is 11.9. The maximum atomic E-state index is 11.9. The fourth-order valence-electron chi connectivity index (χ4n) is 7.29. The molecule has 0 radical (unpaired) electrons. The number of fused-ring (bicyclic) bond motifs is 5. The third-order valence-corrected chi connectivity index (χ3v) is 8.79. The summed E-state index contributed by atoms with van der Waals surface area (Å²) < 4.78 is 10.6. The van der Waals surface area contributed by atoms with Crippen LogP contribution in [0.5, 0.6) is 0 Å². The molecule has 0 aromatic carbocycles. The van der Waals surface area contributed by atoms with Gasteiger partial charge in [-0.3, -0.25) is 0 Å². The molecule has 0 bridgehead atoms. The fourth-order valence-corrected chi connectivity index (χ4v) is 7.29. The molecule has 4 unspecified atom stereocenters. The summed E-state index contributed by atoms with van der Waals surface area (Å²) in [4.78, 5) is 11.9. The second-order valence-corrected chi connectivity index (χ2v) is 9.79. The standard InChI is InChI=1S/C26H36O4/c1-4-7-16-29-24(27)30-19-9-11-20-18(17-19)8-10-22-21(20)12-14-25(5-2)23(22)13-15-26(25,28)6-3/h3,9,17,20-23,28H,4-5,7-8,10-16H2,1-2H3/t20?,21?,22?,23?,25-,26-/m0/s1. The summed E-state index contributed by atoms with van der Waals surface area (Å²) in [5.74, 6) is 5.78. The van der Waals surface area contributed by atoms with Crippen LogP contribution in [0.15, 0.2) is 23.5 Å². The minimum atomic E-state index is -0.931. The van der Waals surface area contributed by atoms with E-state index in [2.05, 4.69) is 31.9 Å². The van der Waals surface area contributed by atoms with Crippen molar-refractivity contribution in [1.29, 1.82) is 0 Å². The topological polar surface area (TPSA) is 55.8 Å². The fraction of sp³-hybridized carbons (Fsp3) is 0.731. The minimum absolute atomic E-state index is 0.106. The summed E-state index contributed by atoms with van der Waals surface area (Å²) in [6.45, 7) is 4.69. The van der Waals surface area contributed by atoms with E-state index in [0.717, 1.165) is 64.2 Å². The van der Waals surface area contributed by atoms with Gasteiger partial charge < -0.3 is 14.6 Å². The Morgan fingerprint density at radius 3 is 2.83 bits per heavy atom. The first-order chi connectivity index (χ1) is 14.5. The van der Waals surface area contributed by atoms with Crippen molar-refractivity contribution in [2.75, 3.05) is 6.61 Å². The van der Waals surface area contributed by atoms with Gasteiger partial charge in [0.05, 0.1) is 6.61 Å². The molecule has 30 heavy (non-hydrogen) atoms. The van der Waals surface area contributed by atoms with Gasteiger partial charge in [0.15, 0.2) is 0 Å². The van der Waals surface area contributed by atoms with Crippen molar-refractivity contribution in [3.05, 3.63) is 23.5 Å². The summed E-state index contributed by atoms with van der Waals surface area (Å²) in [6, 6.07) is 0. The molecule has 0 aromatic heterocycles. The lowest BCUT2D eigenvalue weighted by Crippen LogP contribution is -2.53. The Hall–Kier alpha value is -1.73. The molecule has 1 N–H and O–H groups in total. The number of carbonyl (C=O) groups is 1. The Labute approximate surface area is 181 Å². The van der Waals surface area contributed by atoms with Gasteiger partial charge in [-0.25, -0.2) is 4.79 Å². The van der Waals surface area contributed by atoms with E-state index in [1.165, 1.54) is 5.57 Å². The first kappa shape index (κ1) is 21.5. The highest BCUT2D eigenvalue weighted by Crippen LogP contribution is 2.66. The maximum Gasteiger partial charge on any atom is 0.513 e. The quantitative estimate of drug-likeness (QED) is 0.354. The summed E-state index contributed by atoms with van der Waals surface area (Å²) in [5.41, 5.74) is 0.383. The number of allylic oxidation sites excluding steroid dienone is 3. The summed E-state index contributed by atoms with van der Waals surface area (Å²) in [7, 11) is 0. The number of ether oxygens (including phenoxy) is 2. The van der Waals surface area contributed by atoms with Gasteiger partial charge in [-0.05, 0) is 93.6 Å². The van der Waals surface area contributed by atoms with E-state index in [1.807, 2.05) is 0 Å². The molecule has 0 amide bonds. The molecule has 4 aliphatic rings. The molecule has 4 rings (SSSR count). The monoisotopic (exact) mass is 412 g/mol. The minimum Gasteiger partial charge on any atom is -0.434 e. The lowest BCUT2D eigenvalue weighted by Gasteiger charge is -2.55. The van der Waals surface area contributed by atoms with E-state index in [9.17, 15) is 9.90 Å². The van der Waals surface area contributed by atoms with Crippen molar-refractivity contribution in [3.8, 4) is 12.3 Å². The molecule has 0 aliphatic heterocycles. The molecule has 0 aromatic rings. The average Bonchev–Trinajstić information content (AvgIpc) is 3.07. The van der Waals surface area contributed by atoms with E-state index in [-0.39, 0.29) is 5.41 Å². The molecule has 3 fully saturated rings. The molecule has 0 saturated heterocycles. The van der Waals surface area contributed by atoms with Gasteiger partial charge in [-0.15, -0.1) is 6.42 Å². The van der Waals surface area contributed by atoms with E-state index in [1.54, 1.807) is 0 Å². The maximum absolute atomic E-state index is 11.9. The Bertz CT molecular complexity index is 774. The molecule has 0 heterocycles. The SMILES string of the molecule is C#C[C@]1(O)CCC2C3CCC4=CC(OC(=O)OCCCC)=CCC4C3CC[C@@]21CC. The molecule has 164 valence electrons. The highest BCUT2D eigenvalue weighted by Gasteiger charge is 2.63. The molecular weight excluding hydrogens is 376 g/mol. The highest BCUT2D eigenvalue weighted by atomic mass is 16.7. The van der Waals surface area contributed by atoms with Crippen molar-refractivity contribution in [1.82, 2.24) is 0 Å². The summed E-state index contributed by atoms with van der Waals surface area (Å²) in [5, 5.41) is 11.2. The Morgan fingerprint density at radius 2 is 2.10 bits per heavy atom. The van der Waals surface area contributed by atoms with Gasteiger partial charge >= 0.3 is 6.16 Å². The third kappa shape index (κ3) is 3.40. The van der Waals surface area contributed by atoms with Crippen LogP contribution in [-0.4, -0.2) is 23.5 Å². The van der Waals surface area contributed by atoms with Crippen molar-refractivity contribution >= 4 is 6.16 Å². The number of terminal acetylenes is 1. The predicted molar refractivity (Wildman–Crippen MR) is 116 cm³/mol. The number of carbonyl (C=O) groups excluding carboxylic acids is 1. The lowest BCUT2D eigenvalue weighted by atomic mass is 9.49. The summed E-state index contributed by atoms with van der Waals surface area (Å²) >= 11 is 0. The first-order valence-electron chi connectivity index (χ1n) is 11.9. The van der Waals surface area contributed by atoms with Crippen molar-refractivity contribution in [3.63, 3.8) is 0 Å². The Morgan fingerprint density at radius 1 is 1.27 bits per heavy atom. The van der Waals surface area contributed by atoms with Crippen molar-refractivity contribution in [2.45, 2.75) is 83.7 Å². The third-order valence-electron chi connectivity index (χ3n) is 8.79. The summed E-state index contributed by atoms with van der Waals surface area (Å²) in [6.07, 6.45) is 19.3. The molecule has 0 spiro atoms. The van der Waals surface area contributed by atoms with E-state index < -0.39 is 11.8 Å². The molecule has 3 saturated carbocycles. The van der Waals surface area contributed by atoms with Crippen LogP contribution < -0.4 is 0 Å². The molecule has 4 nitrogen and oxygen atoms in total. The lowest BCUT2D eigenvalue weighted by molar-refractivity contribution is -0.0984. The van der Waals surface area contributed by atoms with Gasteiger partial charge in [0, 0.05) is 5.41 Å². The van der Waals surface area contributed by atoms with Gasteiger partial charge in [0.1, 0.15) is 11.4 Å². The normalized spacial score (nSPS) is 39.5. The van der Waals surface area contributed by atoms with Crippen LogP contribution >= 0.6 is 0 Å². The molecule has 4 aliphatic carbocycles. The van der Waals surface area contributed by atoms with Crippen molar-refractivity contribution < 1.29 is 19.4 Å². The van der Waals surface area contributed by atoms with Crippen LogP contribution in [0.25, 0.3) is 0 Å². The van der Waals surface area contributed by atoms with Crippen LogP contribution in [-0.2, 0) is 9.47 Å². The number of aliphatic hydroxyl groups is 1. The van der Waals surface area contributed by atoms with Gasteiger partial charge in [0.2, 0.25) is 0 Å². The van der Waals surface area contributed by atoms with Gasteiger partial charge in [-0.1, -0.05) is 31.8 Å². The number of hydrogen-bond donors (Lipinski definition) is 1. The second-order valence-electron chi connectivity index (χ2n) is 9.79. The van der Waals surface area contributed by atoms with Crippen molar-refractivity contribution in [2.24, 2.45) is 29.1 Å².